The number of carbonyl (C=O) groups excluding carboxylic acids is 2. The number of carbonyl (C=O) groups is 4. The first-order valence-corrected chi connectivity index (χ1v) is 12.9. The molecule has 0 unspecified atom stereocenters. The lowest BCUT2D eigenvalue weighted by molar-refractivity contribution is -0.159. The summed E-state index contributed by atoms with van der Waals surface area (Å²) in [5.74, 6) is -3.85. The van der Waals surface area contributed by atoms with Crippen molar-refractivity contribution in [2.75, 3.05) is 51.2 Å². The Morgan fingerprint density at radius 1 is 0.944 bits per heavy atom. The highest BCUT2D eigenvalue weighted by atomic mass is 32.2. The Morgan fingerprint density at radius 2 is 1.47 bits per heavy atom. The van der Waals surface area contributed by atoms with Crippen LogP contribution in [0.15, 0.2) is 29.2 Å². The summed E-state index contributed by atoms with van der Waals surface area (Å²) >= 11 is 0. The largest absolute Gasteiger partial charge is 0.473 e. The minimum Gasteiger partial charge on any atom is -0.473 e. The Bertz CT molecular complexity index is 1020. The van der Waals surface area contributed by atoms with Gasteiger partial charge in [0.25, 0.3) is 0 Å². The summed E-state index contributed by atoms with van der Waals surface area (Å²) in [6.45, 7) is 7.15. The summed E-state index contributed by atoms with van der Waals surface area (Å²) in [5, 5.41) is 17.4. The Morgan fingerprint density at radius 3 is 1.92 bits per heavy atom. The molecule has 13 nitrogen and oxygen atoms in total. The number of aliphatic carboxylic acids is 2. The molecule has 2 heterocycles. The Kier molecular flexibility index (Phi) is 10.6. The van der Waals surface area contributed by atoms with Crippen molar-refractivity contribution in [2.24, 2.45) is 0 Å². The third kappa shape index (κ3) is 8.17. The molecule has 3 rings (SSSR count). The number of piperidine rings is 1. The predicted octanol–water partition coefficient (Wildman–Crippen LogP) is 0.728. The summed E-state index contributed by atoms with van der Waals surface area (Å²) in [7, 11) is -3.56. The van der Waals surface area contributed by atoms with Crippen LogP contribution >= 0.6 is 0 Å². The van der Waals surface area contributed by atoms with Crippen molar-refractivity contribution in [3.05, 3.63) is 24.3 Å². The van der Waals surface area contributed by atoms with Crippen molar-refractivity contribution < 1.29 is 42.5 Å². The van der Waals surface area contributed by atoms with Gasteiger partial charge in [-0.3, -0.25) is 9.69 Å². The quantitative estimate of drug-likeness (QED) is 0.462. The SMILES string of the molecule is CCOC(=O)N1CCC(N2CCN(S(=O)(=O)c3ccc(NC(C)=O)cc3)CC2)CC1.O=C(O)C(=O)O. The fourth-order valence-electron chi connectivity index (χ4n) is 4.00. The van der Waals surface area contributed by atoms with E-state index in [-0.39, 0.29) is 16.9 Å². The number of hydrogen-bond donors (Lipinski definition) is 3. The second-order valence-corrected chi connectivity index (χ2v) is 10.1. The predicted molar refractivity (Wildman–Crippen MR) is 128 cm³/mol. The molecule has 2 fully saturated rings. The number of rotatable bonds is 5. The topological polar surface area (TPSA) is 174 Å². The van der Waals surface area contributed by atoms with Crippen molar-refractivity contribution >= 4 is 39.6 Å². The van der Waals surface area contributed by atoms with E-state index in [1.165, 1.54) is 23.4 Å². The number of ether oxygens (including phenoxy) is 1. The first kappa shape index (κ1) is 29.0. The average molecular weight is 529 g/mol. The van der Waals surface area contributed by atoms with Gasteiger partial charge < -0.3 is 25.2 Å². The molecule has 14 heteroatoms. The lowest BCUT2D eigenvalue weighted by atomic mass is 10.0. The Labute approximate surface area is 209 Å². The molecule has 1 aromatic rings. The van der Waals surface area contributed by atoms with Gasteiger partial charge in [0.1, 0.15) is 0 Å². The van der Waals surface area contributed by atoms with Crippen LogP contribution in [-0.2, 0) is 29.1 Å². The number of nitrogens with one attached hydrogen (secondary N) is 1. The van der Waals surface area contributed by atoms with E-state index in [9.17, 15) is 18.0 Å². The van der Waals surface area contributed by atoms with Gasteiger partial charge >= 0.3 is 18.0 Å². The second kappa shape index (κ2) is 13.2. The van der Waals surface area contributed by atoms with Crippen LogP contribution in [0.1, 0.15) is 26.7 Å². The lowest BCUT2D eigenvalue weighted by Gasteiger charge is -2.42. The van der Waals surface area contributed by atoms with Crippen LogP contribution in [0.3, 0.4) is 0 Å². The van der Waals surface area contributed by atoms with Gasteiger partial charge in [-0.1, -0.05) is 0 Å². The zero-order valence-electron chi connectivity index (χ0n) is 20.3. The first-order chi connectivity index (χ1) is 16.9. The molecule has 1 aromatic carbocycles. The van der Waals surface area contributed by atoms with E-state index in [4.69, 9.17) is 24.5 Å². The lowest BCUT2D eigenvalue weighted by Crippen LogP contribution is -2.54. The molecule has 2 saturated heterocycles. The number of sulfonamides is 1. The van der Waals surface area contributed by atoms with E-state index < -0.39 is 22.0 Å². The van der Waals surface area contributed by atoms with Gasteiger partial charge in [-0.2, -0.15) is 4.31 Å². The molecule has 0 atom stereocenters. The van der Waals surface area contributed by atoms with Crippen LogP contribution in [0.2, 0.25) is 0 Å². The molecule has 200 valence electrons. The third-order valence-electron chi connectivity index (χ3n) is 5.78. The summed E-state index contributed by atoms with van der Waals surface area (Å²) < 4.78 is 32.5. The molecule has 2 aliphatic rings. The van der Waals surface area contributed by atoms with Gasteiger partial charge in [0.05, 0.1) is 11.5 Å². The molecule has 0 aromatic heterocycles. The van der Waals surface area contributed by atoms with Crippen LogP contribution in [0.5, 0.6) is 0 Å². The van der Waals surface area contributed by atoms with E-state index in [2.05, 4.69) is 10.2 Å². The maximum absolute atomic E-state index is 12.9. The van der Waals surface area contributed by atoms with Crippen LogP contribution in [-0.4, -0.2) is 109 Å². The number of amides is 2. The average Bonchev–Trinajstić information content (AvgIpc) is 2.84. The van der Waals surface area contributed by atoms with Crippen LogP contribution < -0.4 is 5.32 Å². The molecule has 2 aliphatic heterocycles. The first-order valence-electron chi connectivity index (χ1n) is 11.5. The number of carboxylic acids is 2. The number of carboxylic acid groups (broad SMARTS) is 2. The molecule has 0 aliphatic carbocycles. The number of anilines is 1. The van der Waals surface area contributed by atoms with E-state index in [0.29, 0.717) is 57.6 Å². The third-order valence-corrected chi connectivity index (χ3v) is 7.69. The standard InChI is InChI=1S/C20H30N4O5S.C2H2O4/c1-3-29-20(26)23-10-8-18(9-11-23)22-12-14-24(15-13-22)30(27,28)19-6-4-17(5-7-19)21-16(2)25;3-1(4)2(5)6/h4-7,18H,3,8-15H2,1-2H3,(H,21,25);(H,3,4)(H,5,6). The van der Waals surface area contributed by atoms with Crippen LogP contribution in [0.4, 0.5) is 10.5 Å². The van der Waals surface area contributed by atoms with E-state index >= 15 is 0 Å². The monoisotopic (exact) mass is 528 g/mol. The summed E-state index contributed by atoms with van der Waals surface area (Å²) in [6.07, 6.45) is 1.49. The molecule has 2 amide bonds. The van der Waals surface area contributed by atoms with Crippen molar-refractivity contribution in [1.29, 1.82) is 0 Å². The van der Waals surface area contributed by atoms with Gasteiger partial charge in [-0.25, -0.2) is 22.8 Å². The van der Waals surface area contributed by atoms with Crippen molar-refractivity contribution in [1.82, 2.24) is 14.1 Å². The number of nitrogens with zero attached hydrogens (tertiary/aromatic N) is 3. The molecule has 0 saturated carbocycles. The summed E-state index contributed by atoms with van der Waals surface area (Å²) in [6, 6.07) is 6.61. The number of piperazine rings is 1. The minimum absolute atomic E-state index is 0.199. The maximum Gasteiger partial charge on any atom is 0.414 e. The smallest absolute Gasteiger partial charge is 0.414 e. The van der Waals surface area contributed by atoms with Gasteiger partial charge in [-0.05, 0) is 44.0 Å². The minimum atomic E-state index is -3.56. The van der Waals surface area contributed by atoms with Crippen molar-refractivity contribution in [3.63, 3.8) is 0 Å². The molecule has 0 bridgehead atoms. The highest BCUT2D eigenvalue weighted by Crippen LogP contribution is 2.23. The van der Waals surface area contributed by atoms with Crippen molar-refractivity contribution in [2.45, 2.75) is 37.6 Å². The van der Waals surface area contributed by atoms with Crippen molar-refractivity contribution in [3.8, 4) is 0 Å². The highest BCUT2D eigenvalue weighted by molar-refractivity contribution is 7.89. The zero-order valence-corrected chi connectivity index (χ0v) is 21.1. The van der Waals surface area contributed by atoms with Crippen LogP contribution in [0, 0.1) is 0 Å². The van der Waals surface area contributed by atoms with E-state index in [0.717, 1.165) is 12.8 Å². The van der Waals surface area contributed by atoms with E-state index in [1.807, 2.05) is 0 Å². The van der Waals surface area contributed by atoms with Crippen LogP contribution in [0.25, 0.3) is 0 Å². The fraction of sp³-hybridized carbons (Fsp3) is 0.545. The fourth-order valence-corrected chi connectivity index (χ4v) is 5.42. The zero-order chi connectivity index (χ0) is 26.9. The molecular weight excluding hydrogens is 496 g/mol. The normalized spacial score (nSPS) is 17.4. The molecule has 0 spiro atoms. The van der Waals surface area contributed by atoms with Gasteiger partial charge in [0.2, 0.25) is 15.9 Å². The molecule has 36 heavy (non-hydrogen) atoms. The summed E-state index contributed by atoms with van der Waals surface area (Å²) in [4.78, 5) is 45.5. The Balaban J connectivity index is 0.000000678. The van der Waals surface area contributed by atoms with Gasteiger partial charge in [-0.15, -0.1) is 0 Å². The summed E-state index contributed by atoms with van der Waals surface area (Å²) in [5.41, 5.74) is 0.570. The number of hydrogen-bond acceptors (Lipinski definition) is 8. The number of likely N-dealkylation sites (tertiary alicyclic amines) is 1. The number of benzene rings is 1. The molecule has 3 N–H and O–H groups in total. The van der Waals surface area contributed by atoms with Gasteiger partial charge in [0, 0.05) is 57.9 Å². The molecular formula is C22H32N4O9S. The van der Waals surface area contributed by atoms with Gasteiger partial charge in [0.15, 0.2) is 0 Å². The highest BCUT2D eigenvalue weighted by Gasteiger charge is 2.33. The second-order valence-electron chi connectivity index (χ2n) is 8.17. The Hall–Kier alpha value is -3.23. The molecule has 0 radical (unpaired) electrons. The van der Waals surface area contributed by atoms with E-state index in [1.54, 1.807) is 24.0 Å². The maximum atomic E-state index is 12.9.